The molecular formula is C23H21F3N2O5. The molecule has 0 unspecified atom stereocenters. The van der Waals surface area contributed by atoms with E-state index in [9.17, 15) is 18.0 Å². The Bertz CT molecular complexity index is 1180. The lowest BCUT2D eigenvalue weighted by Gasteiger charge is -2.33. The molecule has 0 spiro atoms. The van der Waals surface area contributed by atoms with Gasteiger partial charge in [-0.25, -0.2) is 4.79 Å². The molecule has 0 saturated carbocycles. The number of anilines is 1. The van der Waals surface area contributed by atoms with Gasteiger partial charge in [0.25, 0.3) is 6.29 Å². The van der Waals surface area contributed by atoms with Crippen LogP contribution in [0.4, 0.5) is 18.9 Å². The van der Waals surface area contributed by atoms with E-state index in [1.807, 2.05) is 24.3 Å². The van der Waals surface area contributed by atoms with Gasteiger partial charge in [-0.05, 0) is 43.2 Å². The van der Waals surface area contributed by atoms with Gasteiger partial charge in [0.05, 0.1) is 12.2 Å². The zero-order valence-corrected chi connectivity index (χ0v) is 17.4. The van der Waals surface area contributed by atoms with Crippen molar-refractivity contribution in [3.05, 3.63) is 59.0 Å². The van der Waals surface area contributed by atoms with Crippen molar-refractivity contribution in [3.63, 3.8) is 0 Å². The smallest absolute Gasteiger partial charge is 0.450 e. The van der Waals surface area contributed by atoms with Gasteiger partial charge in [0.2, 0.25) is 0 Å². The van der Waals surface area contributed by atoms with Crippen LogP contribution < -0.4 is 25.2 Å². The molecule has 1 saturated heterocycles. The first-order valence-corrected chi connectivity index (χ1v) is 10.6. The summed E-state index contributed by atoms with van der Waals surface area (Å²) in [7, 11) is 0. The standard InChI is InChI=1S/C23H21F3N2O5/c24-23(25,26)33-15-5-6-18-16(11-15)17(12-21(29)30-18)27-14-7-9-28(10-8-14)13-22-31-19-3-1-2-4-20(19)32-22/h1-6,11-12,14,22,27H,7-10,13H2. The molecule has 0 aliphatic carbocycles. The highest BCUT2D eigenvalue weighted by Crippen LogP contribution is 2.34. The molecule has 1 fully saturated rings. The maximum atomic E-state index is 12.6. The molecule has 174 valence electrons. The fourth-order valence-corrected chi connectivity index (χ4v) is 4.18. The lowest BCUT2D eigenvalue weighted by Crippen LogP contribution is -2.44. The minimum Gasteiger partial charge on any atom is -0.450 e. The average molecular weight is 462 g/mol. The zero-order chi connectivity index (χ0) is 23.0. The second-order valence-corrected chi connectivity index (χ2v) is 8.02. The number of halogens is 3. The Hall–Kier alpha value is -3.40. The van der Waals surface area contributed by atoms with Crippen LogP contribution in [-0.4, -0.2) is 43.2 Å². The molecule has 33 heavy (non-hydrogen) atoms. The zero-order valence-electron chi connectivity index (χ0n) is 17.4. The SMILES string of the molecule is O=c1cc(NC2CCN(CC3Oc4ccccc4O3)CC2)c2cc(OC(F)(F)F)ccc2o1. The number of hydrogen-bond acceptors (Lipinski definition) is 7. The summed E-state index contributed by atoms with van der Waals surface area (Å²) in [5, 5.41) is 3.65. The normalized spacial score (nSPS) is 17.4. The van der Waals surface area contributed by atoms with E-state index in [0.29, 0.717) is 17.6 Å². The van der Waals surface area contributed by atoms with E-state index < -0.39 is 12.0 Å². The number of alkyl halides is 3. The first-order chi connectivity index (χ1) is 15.8. The molecule has 0 atom stereocenters. The van der Waals surface area contributed by atoms with Gasteiger partial charge in [-0.1, -0.05) is 12.1 Å². The molecule has 0 amide bonds. The van der Waals surface area contributed by atoms with Gasteiger partial charge in [-0.2, -0.15) is 0 Å². The lowest BCUT2D eigenvalue weighted by molar-refractivity contribution is -0.274. The summed E-state index contributed by atoms with van der Waals surface area (Å²) in [4.78, 5) is 14.2. The second-order valence-electron chi connectivity index (χ2n) is 8.02. The van der Waals surface area contributed by atoms with E-state index in [-0.39, 0.29) is 23.7 Å². The van der Waals surface area contributed by atoms with Crippen molar-refractivity contribution in [2.45, 2.75) is 31.5 Å². The van der Waals surface area contributed by atoms with Crippen LogP contribution in [0, 0.1) is 0 Å². The number of fused-ring (bicyclic) bond motifs is 2. The Morgan fingerprint density at radius 3 is 2.39 bits per heavy atom. The van der Waals surface area contributed by atoms with Gasteiger partial charge in [-0.15, -0.1) is 13.2 Å². The van der Waals surface area contributed by atoms with Crippen LogP contribution in [-0.2, 0) is 0 Å². The summed E-state index contributed by atoms with van der Waals surface area (Å²) >= 11 is 0. The van der Waals surface area contributed by atoms with Crippen LogP contribution in [0.2, 0.25) is 0 Å². The summed E-state index contributed by atoms with van der Waals surface area (Å²) < 4.78 is 58.6. The molecule has 2 aromatic carbocycles. The van der Waals surface area contributed by atoms with Gasteiger partial charge in [0.1, 0.15) is 11.3 Å². The predicted molar refractivity (Wildman–Crippen MR) is 114 cm³/mol. The Kier molecular flexibility index (Phi) is 5.53. The van der Waals surface area contributed by atoms with Gasteiger partial charge in [0.15, 0.2) is 11.5 Å². The lowest BCUT2D eigenvalue weighted by atomic mass is 10.0. The number of ether oxygens (including phenoxy) is 3. The van der Waals surface area contributed by atoms with Crippen molar-refractivity contribution in [2.24, 2.45) is 0 Å². The van der Waals surface area contributed by atoms with Gasteiger partial charge < -0.3 is 23.9 Å². The van der Waals surface area contributed by atoms with E-state index >= 15 is 0 Å². The summed E-state index contributed by atoms with van der Waals surface area (Å²) in [5.74, 6) is 1.10. The maximum absolute atomic E-state index is 12.6. The number of piperidine rings is 1. The van der Waals surface area contributed by atoms with Crippen molar-refractivity contribution in [2.75, 3.05) is 25.0 Å². The number of para-hydroxylation sites is 2. The van der Waals surface area contributed by atoms with E-state index in [1.165, 1.54) is 18.2 Å². The number of likely N-dealkylation sites (tertiary alicyclic amines) is 1. The summed E-state index contributed by atoms with van der Waals surface area (Å²) in [6, 6.07) is 12.5. The highest BCUT2D eigenvalue weighted by molar-refractivity contribution is 5.90. The van der Waals surface area contributed by atoms with Crippen LogP contribution in [0.5, 0.6) is 17.2 Å². The molecule has 10 heteroatoms. The van der Waals surface area contributed by atoms with Crippen molar-refractivity contribution in [3.8, 4) is 17.2 Å². The Labute approximate surface area is 186 Å². The fraction of sp³-hybridized carbons (Fsp3) is 0.348. The highest BCUT2D eigenvalue weighted by Gasteiger charge is 2.31. The summed E-state index contributed by atoms with van der Waals surface area (Å²) in [6.07, 6.45) is -3.61. The molecule has 0 radical (unpaired) electrons. The molecule has 1 N–H and O–H groups in total. The van der Waals surface area contributed by atoms with Gasteiger partial charge in [0, 0.05) is 30.6 Å². The Balaban J connectivity index is 1.22. The second kappa shape index (κ2) is 8.51. The first-order valence-electron chi connectivity index (χ1n) is 10.6. The number of nitrogens with zero attached hydrogens (tertiary/aromatic N) is 1. The minimum atomic E-state index is -4.81. The maximum Gasteiger partial charge on any atom is 0.573 e. The van der Waals surface area contributed by atoms with Crippen LogP contribution in [0.1, 0.15) is 12.8 Å². The van der Waals surface area contributed by atoms with E-state index in [2.05, 4.69) is 15.0 Å². The molecule has 2 aliphatic rings. The molecule has 0 bridgehead atoms. The first kappa shape index (κ1) is 21.4. The fourth-order valence-electron chi connectivity index (χ4n) is 4.18. The highest BCUT2D eigenvalue weighted by atomic mass is 19.4. The van der Waals surface area contributed by atoms with Crippen LogP contribution in [0.25, 0.3) is 11.0 Å². The molecule has 5 rings (SSSR count). The number of nitrogens with one attached hydrogen (secondary N) is 1. The third kappa shape index (κ3) is 5.00. The molecule has 1 aromatic heterocycles. The van der Waals surface area contributed by atoms with Gasteiger partial charge >= 0.3 is 12.0 Å². The van der Waals surface area contributed by atoms with Crippen molar-refractivity contribution < 1.29 is 31.8 Å². The van der Waals surface area contributed by atoms with Gasteiger partial charge in [-0.3, -0.25) is 4.90 Å². The average Bonchev–Trinajstić information content (AvgIpc) is 3.17. The number of hydrogen-bond donors (Lipinski definition) is 1. The number of benzene rings is 2. The van der Waals surface area contributed by atoms with Crippen LogP contribution in [0.15, 0.2) is 57.7 Å². The topological polar surface area (TPSA) is 73.2 Å². The molecule has 3 aromatic rings. The molecule has 3 heterocycles. The van der Waals surface area contributed by atoms with Crippen LogP contribution in [0.3, 0.4) is 0 Å². The molecular weight excluding hydrogens is 441 g/mol. The van der Waals surface area contributed by atoms with Crippen molar-refractivity contribution in [1.82, 2.24) is 4.90 Å². The largest absolute Gasteiger partial charge is 0.573 e. The van der Waals surface area contributed by atoms with Crippen LogP contribution >= 0.6 is 0 Å². The van der Waals surface area contributed by atoms with E-state index in [0.717, 1.165) is 43.5 Å². The Morgan fingerprint density at radius 1 is 1.03 bits per heavy atom. The van der Waals surface area contributed by atoms with E-state index in [4.69, 9.17) is 13.9 Å². The molecule has 7 nitrogen and oxygen atoms in total. The monoisotopic (exact) mass is 462 g/mol. The van der Waals surface area contributed by atoms with Crippen molar-refractivity contribution in [1.29, 1.82) is 0 Å². The Morgan fingerprint density at radius 2 is 1.73 bits per heavy atom. The third-order valence-electron chi connectivity index (χ3n) is 5.67. The number of rotatable bonds is 5. The summed E-state index contributed by atoms with van der Waals surface area (Å²) in [5.41, 5.74) is 0.0271. The predicted octanol–water partition coefficient (Wildman–Crippen LogP) is 4.37. The van der Waals surface area contributed by atoms with Crippen molar-refractivity contribution >= 4 is 16.7 Å². The molecule has 2 aliphatic heterocycles. The minimum absolute atomic E-state index is 0.0426. The quantitative estimate of drug-likeness (QED) is 0.565. The van der Waals surface area contributed by atoms with E-state index in [1.54, 1.807) is 0 Å². The third-order valence-corrected chi connectivity index (χ3v) is 5.67. The summed E-state index contributed by atoms with van der Waals surface area (Å²) in [6.45, 7) is 2.18.